The zero-order valence-electron chi connectivity index (χ0n) is 10.2. The summed E-state index contributed by atoms with van der Waals surface area (Å²) in [5.41, 5.74) is 0.288. The van der Waals surface area contributed by atoms with Crippen molar-refractivity contribution in [2.45, 2.75) is 37.2 Å². The van der Waals surface area contributed by atoms with Gasteiger partial charge in [-0.05, 0) is 37.8 Å². The number of pyridine rings is 1. The second-order valence-electron chi connectivity index (χ2n) is 5.17. The predicted molar refractivity (Wildman–Crippen MR) is 66.0 cm³/mol. The van der Waals surface area contributed by atoms with Crippen LogP contribution >= 0.6 is 0 Å². The number of nitrogens with zero attached hydrogens (tertiary/aromatic N) is 1. The van der Waals surface area contributed by atoms with Gasteiger partial charge >= 0.3 is 5.97 Å². The van der Waals surface area contributed by atoms with Crippen LogP contribution in [0.5, 0.6) is 0 Å². The van der Waals surface area contributed by atoms with Gasteiger partial charge in [-0.15, -0.1) is 0 Å². The van der Waals surface area contributed by atoms with E-state index in [9.17, 15) is 14.7 Å². The molecule has 1 amide bonds. The van der Waals surface area contributed by atoms with Crippen molar-refractivity contribution in [1.82, 2.24) is 4.98 Å². The van der Waals surface area contributed by atoms with Gasteiger partial charge in [0.1, 0.15) is 5.69 Å². The number of carboxylic acids is 1. The minimum Gasteiger partial charge on any atom is -0.477 e. The van der Waals surface area contributed by atoms with Crippen molar-refractivity contribution in [3.8, 4) is 0 Å². The van der Waals surface area contributed by atoms with Crippen LogP contribution in [0.4, 0.5) is 5.69 Å². The summed E-state index contributed by atoms with van der Waals surface area (Å²) in [5, 5.41) is 21.3. The Morgan fingerprint density at radius 1 is 1.37 bits per heavy atom. The number of hydrogen-bond donors (Lipinski definition) is 3. The Morgan fingerprint density at radius 2 is 2.05 bits per heavy atom. The highest BCUT2D eigenvalue weighted by molar-refractivity contribution is 6.06. The van der Waals surface area contributed by atoms with Crippen molar-refractivity contribution >= 4 is 17.6 Å². The first-order valence-electron chi connectivity index (χ1n) is 6.27. The number of carbonyl (C=O) groups excluding carboxylic acids is 1. The highest BCUT2D eigenvalue weighted by Crippen LogP contribution is 2.46. The fourth-order valence-electron chi connectivity index (χ4n) is 2.95. The third kappa shape index (κ3) is 1.71. The van der Waals surface area contributed by atoms with Gasteiger partial charge in [-0.1, -0.05) is 0 Å². The van der Waals surface area contributed by atoms with Gasteiger partial charge in [0.25, 0.3) is 0 Å². The molecule has 1 aliphatic heterocycles. The Balaban J connectivity index is 2.07. The molecule has 2 heterocycles. The lowest BCUT2D eigenvalue weighted by molar-refractivity contribution is -0.122. The van der Waals surface area contributed by atoms with Crippen molar-refractivity contribution in [2.24, 2.45) is 0 Å². The molecule has 0 bridgehead atoms. The van der Waals surface area contributed by atoms with Gasteiger partial charge in [-0.3, -0.25) is 4.79 Å². The van der Waals surface area contributed by atoms with Crippen LogP contribution in [0.25, 0.3) is 0 Å². The van der Waals surface area contributed by atoms with Crippen LogP contribution in [0.2, 0.25) is 0 Å². The number of carboxylic acid groups (broad SMARTS) is 1. The van der Waals surface area contributed by atoms with Crippen LogP contribution in [0.15, 0.2) is 12.1 Å². The summed E-state index contributed by atoms with van der Waals surface area (Å²) in [6.07, 6.45) is 1.69. The Bertz CT molecular complexity index is 562. The minimum absolute atomic E-state index is 0.0549. The van der Waals surface area contributed by atoms with E-state index in [4.69, 9.17) is 5.11 Å². The van der Waals surface area contributed by atoms with Gasteiger partial charge in [-0.25, -0.2) is 9.78 Å². The number of fused-ring (bicyclic) bond motifs is 2. The fraction of sp³-hybridized carbons (Fsp3) is 0.462. The van der Waals surface area contributed by atoms with E-state index in [0.717, 1.165) is 0 Å². The first-order valence-corrected chi connectivity index (χ1v) is 6.27. The van der Waals surface area contributed by atoms with E-state index in [0.29, 0.717) is 37.1 Å². The molecule has 3 N–H and O–H groups in total. The number of aliphatic hydroxyl groups excluding tert-OH is 1. The molecule has 1 spiro atoms. The molecule has 0 aromatic carbocycles. The number of aromatic nitrogens is 1. The van der Waals surface area contributed by atoms with E-state index >= 15 is 0 Å². The Morgan fingerprint density at radius 3 is 2.68 bits per heavy atom. The standard InChI is InChI=1S/C13H14N2O4/c16-7-3-5-13(6-4-7)10-8(15-12(13)19)1-2-9(14-10)11(17)18/h1-2,7,16H,3-6H2,(H,15,19)(H,17,18)/t7-,13-. The molecule has 0 atom stereocenters. The molecule has 6 heteroatoms. The average molecular weight is 262 g/mol. The Hall–Kier alpha value is -1.95. The highest BCUT2D eigenvalue weighted by Gasteiger charge is 2.50. The van der Waals surface area contributed by atoms with Crippen molar-refractivity contribution in [3.63, 3.8) is 0 Å². The zero-order valence-corrected chi connectivity index (χ0v) is 10.2. The van der Waals surface area contributed by atoms with Crippen molar-refractivity contribution in [3.05, 3.63) is 23.5 Å². The third-order valence-electron chi connectivity index (χ3n) is 4.06. The molecule has 1 aliphatic carbocycles. The number of amides is 1. The lowest BCUT2D eigenvalue weighted by Gasteiger charge is -2.32. The lowest BCUT2D eigenvalue weighted by atomic mass is 9.71. The lowest BCUT2D eigenvalue weighted by Crippen LogP contribution is -2.40. The van der Waals surface area contributed by atoms with Crippen molar-refractivity contribution in [1.29, 1.82) is 0 Å². The van der Waals surface area contributed by atoms with E-state index < -0.39 is 11.4 Å². The van der Waals surface area contributed by atoms with Crippen LogP contribution in [0, 0.1) is 0 Å². The van der Waals surface area contributed by atoms with Crippen LogP contribution in [-0.2, 0) is 10.2 Å². The second kappa shape index (κ2) is 4.03. The molecule has 0 unspecified atom stereocenters. The SMILES string of the molecule is O=C(O)c1ccc2c(n1)[C@]1(CC[C@@H](O)CC1)C(=O)N2. The first-order chi connectivity index (χ1) is 9.03. The fourth-order valence-corrected chi connectivity index (χ4v) is 2.95. The maximum absolute atomic E-state index is 12.2. The third-order valence-corrected chi connectivity index (χ3v) is 4.06. The molecule has 1 aromatic rings. The average Bonchev–Trinajstić information content (AvgIpc) is 2.65. The number of rotatable bonds is 1. The molecular weight excluding hydrogens is 248 g/mol. The molecule has 100 valence electrons. The topological polar surface area (TPSA) is 99.5 Å². The summed E-state index contributed by atoms with van der Waals surface area (Å²) in [4.78, 5) is 27.4. The molecule has 1 fully saturated rings. The summed E-state index contributed by atoms with van der Waals surface area (Å²) in [6.45, 7) is 0. The Labute approximate surface area is 109 Å². The quantitative estimate of drug-likeness (QED) is 0.698. The smallest absolute Gasteiger partial charge is 0.354 e. The van der Waals surface area contributed by atoms with E-state index in [1.165, 1.54) is 6.07 Å². The second-order valence-corrected chi connectivity index (χ2v) is 5.17. The van der Waals surface area contributed by atoms with Crippen molar-refractivity contribution in [2.75, 3.05) is 5.32 Å². The summed E-state index contributed by atoms with van der Waals surface area (Å²) in [7, 11) is 0. The minimum atomic E-state index is -1.10. The summed E-state index contributed by atoms with van der Waals surface area (Å²) >= 11 is 0. The van der Waals surface area contributed by atoms with Gasteiger partial charge in [0, 0.05) is 0 Å². The van der Waals surface area contributed by atoms with E-state index in [-0.39, 0.29) is 17.7 Å². The van der Waals surface area contributed by atoms with Gasteiger partial charge in [0.05, 0.1) is 22.9 Å². The zero-order chi connectivity index (χ0) is 13.6. The molecule has 1 aromatic heterocycles. The number of carbonyl (C=O) groups is 2. The number of nitrogens with one attached hydrogen (secondary N) is 1. The molecule has 3 rings (SSSR count). The normalized spacial score (nSPS) is 29.1. The van der Waals surface area contributed by atoms with Crippen LogP contribution < -0.4 is 5.32 Å². The number of aliphatic hydroxyl groups is 1. The summed E-state index contributed by atoms with van der Waals surface area (Å²) in [5.74, 6) is -1.24. The highest BCUT2D eigenvalue weighted by atomic mass is 16.4. The number of anilines is 1. The maximum Gasteiger partial charge on any atom is 0.354 e. The van der Waals surface area contributed by atoms with Gasteiger partial charge in [0.15, 0.2) is 0 Å². The predicted octanol–water partition coefficient (Wildman–Crippen LogP) is 0.905. The molecule has 19 heavy (non-hydrogen) atoms. The molecule has 2 aliphatic rings. The molecule has 0 saturated heterocycles. The first kappa shape index (κ1) is 12.1. The molecular formula is C13H14N2O4. The maximum atomic E-state index is 12.2. The number of hydrogen-bond acceptors (Lipinski definition) is 4. The summed E-state index contributed by atoms with van der Waals surface area (Å²) < 4.78 is 0. The van der Waals surface area contributed by atoms with Crippen LogP contribution in [-0.4, -0.2) is 33.2 Å². The molecule has 0 radical (unpaired) electrons. The molecule has 1 saturated carbocycles. The monoisotopic (exact) mass is 262 g/mol. The van der Waals surface area contributed by atoms with E-state index in [2.05, 4.69) is 10.3 Å². The van der Waals surface area contributed by atoms with E-state index in [1.54, 1.807) is 6.07 Å². The Kier molecular flexibility index (Phi) is 2.56. The summed E-state index contributed by atoms with van der Waals surface area (Å²) in [6, 6.07) is 2.97. The van der Waals surface area contributed by atoms with E-state index in [1.807, 2.05) is 0 Å². The van der Waals surface area contributed by atoms with Gasteiger partial charge in [-0.2, -0.15) is 0 Å². The van der Waals surface area contributed by atoms with Crippen molar-refractivity contribution < 1.29 is 19.8 Å². The number of aromatic carboxylic acids is 1. The molecule has 6 nitrogen and oxygen atoms in total. The van der Waals surface area contributed by atoms with Crippen LogP contribution in [0.1, 0.15) is 41.9 Å². The van der Waals surface area contributed by atoms with Gasteiger partial charge in [0.2, 0.25) is 5.91 Å². The van der Waals surface area contributed by atoms with Crippen LogP contribution in [0.3, 0.4) is 0 Å². The largest absolute Gasteiger partial charge is 0.477 e. The van der Waals surface area contributed by atoms with Gasteiger partial charge < -0.3 is 15.5 Å².